The van der Waals surface area contributed by atoms with Crippen LogP contribution >= 0.6 is 11.6 Å². The summed E-state index contributed by atoms with van der Waals surface area (Å²) in [5.41, 5.74) is 2.67. The minimum atomic E-state index is -0.0565. The molecule has 2 heterocycles. The predicted octanol–water partition coefficient (Wildman–Crippen LogP) is 3.69. The predicted molar refractivity (Wildman–Crippen MR) is 103 cm³/mol. The summed E-state index contributed by atoms with van der Waals surface area (Å²) in [6.45, 7) is 0.108. The molecular weight excluding hydrogens is 366 g/mol. The fourth-order valence-corrected chi connectivity index (χ4v) is 3.03. The number of hydrogen-bond acceptors (Lipinski definition) is 6. The number of benzene rings is 2. The number of anilines is 1. The Kier molecular flexibility index (Phi) is 4.37. The molecule has 0 amide bonds. The Morgan fingerprint density at radius 1 is 1.11 bits per heavy atom. The molecule has 0 aliphatic heterocycles. The summed E-state index contributed by atoms with van der Waals surface area (Å²) >= 11 is 5.92. The van der Waals surface area contributed by atoms with Crippen LogP contribution in [0.4, 0.5) is 5.82 Å². The second-order valence-electron chi connectivity index (χ2n) is 6.27. The summed E-state index contributed by atoms with van der Waals surface area (Å²) in [4.78, 5) is 19.3. The lowest BCUT2D eigenvalue weighted by atomic mass is 10.1. The molecule has 0 N–H and O–H groups in total. The van der Waals surface area contributed by atoms with E-state index in [0.29, 0.717) is 27.9 Å². The van der Waals surface area contributed by atoms with Crippen molar-refractivity contribution in [2.45, 2.75) is 6.54 Å². The van der Waals surface area contributed by atoms with Crippen molar-refractivity contribution in [2.24, 2.45) is 0 Å². The Morgan fingerprint density at radius 3 is 2.59 bits per heavy atom. The van der Waals surface area contributed by atoms with Crippen molar-refractivity contribution in [1.29, 1.82) is 0 Å². The molecule has 0 spiro atoms. The van der Waals surface area contributed by atoms with Gasteiger partial charge in [-0.2, -0.15) is 0 Å². The smallest absolute Gasteiger partial charge is 0.204 e. The molecular formula is C19H16ClN5O2. The van der Waals surface area contributed by atoms with Gasteiger partial charge in [-0.15, -0.1) is 0 Å². The van der Waals surface area contributed by atoms with Crippen LogP contribution in [0, 0.1) is 0 Å². The number of nitrogens with zero attached hydrogens (tertiary/aromatic N) is 5. The van der Waals surface area contributed by atoms with Crippen molar-refractivity contribution in [1.82, 2.24) is 19.9 Å². The van der Waals surface area contributed by atoms with Crippen LogP contribution in [0.15, 0.2) is 53.2 Å². The maximum Gasteiger partial charge on any atom is 0.204 e. The summed E-state index contributed by atoms with van der Waals surface area (Å²) in [5.74, 6) is 1.02. The molecule has 0 saturated carbocycles. The number of fused-ring (bicyclic) bond motifs is 1. The van der Waals surface area contributed by atoms with E-state index in [9.17, 15) is 4.79 Å². The number of ketones is 1. The maximum atomic E-state index is 12.8. The van der Waals surface area contributed by atoms with Crippen LogP contribution in [0.3, 0.4) is 0 Å². The first kappa shape index (κ1) is 17.2. The summed E-state index contributed by atoms with van der Waals surface area (Å²) in [7, 11) is 3.68. The van der Waals surface area contributed by atoms with Crippen molar-refractivity contribution >= 4 is 34.2 Å². The molecule has 0 bridgehead atoms. The van der Waals surface area contributed by atoms with Gasteiger partial charge in [0, 0.05) is 24.7 Å². The van der Waals surface area contributed by atoms with E-state index in [2.05, 4.69) is 15.3 Å². The maximum absolute atomic E-state index is 12.8. The number of halogens is 1. The van der Waals surface area contributed by atoms with E-state index in [4.69, 9.17) is 16.2 Å². The zero-order chi connectivity index (χ0) is 19.0. The Bertz CT molecular complexity index is 1110. The largest absolute Gasteiger partial charge is 0.358 e. The van der Waals surface area contributed by atoms with Gasteiger partial charge in [0.25, 0.3) is 0 Å². The normalized spacial score (nSPS) is 11.1. The minimum absolute atomic E-state index is 0.0565. The van der Waals surface area contributed by atoms with Crippen molar-refractivity contribution in [2.75, 3.05) is 19.0 Å². The molecule has 0 saturated heterocycles. The van der Waals surface area contributed by atoms with E-state index in [-0.39, 0.29) is 12.3 Å². The van der Waals surface area contributed by atoms with Gasteiger partial charge in [0.2, 0.25) is 5.82 Å². The zero-order valence-electron chi connectivity index (χ0n) is 14.8. The first-order chi connectivity index (χ1) is 13.0. The summed E-state index contributed by atoms with van der Waals surface area (Å²) in [6.07, 6.45) is 0. The minimum Gasteiger partial charge on any atom is -0.358 e. The zero-order valence-corrected chi connectivity index (χ0v) is 15.5. The molecule has 0 fully saturated rings. The Morgan fingerprint density at radius 2 is 1.85 bits per heavy atom. The van der Waals surface area contributed by atoms with Gasteiger partial charge in [0.1, 0.15) is 0 Å². The highest BCUT2D eigenvalue weighted by Gasteiger charge is 2.23. The van der Waals surface area contributed by atoms with Crippen LogP contribution in [0.1, 0.15) is 10.4 Å². The van der Waals surface area contributed by atoms with E-state index in [0.717, 1.165) is 11.0 Å². The van der Waals surface area contributed by atoms with Crippen molar-refractivity contribution in [3.05, 3.63) is 59.1 Å². The molecule has 4 aromatic rings. The molecule has 0 radical (unpaired) electrons. The lowest BCUT2D eigenvalue weighted by molar-refractivity contribution is 0.0974. The van der Waals surface area contributed by atoms with E-state index < -0.39 is 0 Å². The third kappa shape index (κ3) is 3.17. The van der Waals surface area contributed by atoms with Crippen molar-refractivity contribution < 1.29 is 9.42 Å². The topological polar surface area (TPSA) is 77.1 Å². The number of hydrogen-bond donors (Lipinski definition) is 0. The standard InChI is InChI=1S/C19H16ClN5O2/c1-24(2)19-17(22-27-23-19)18-21-14-5-3-4-6-15(14)25(18)11-16(26)12-7-9-13(20)10-8-12/h3-10H,11H2,1-2H3. The van der Waals surface area contributed by atoms with Gasteiger partial charge in [-0.3, -0.25) is 4.79 Å². The van der Waals surface area contributed by atoms with Crippen molar-refractivity contribution in [3.63, 3.8) is 0 Å². The second kappa shape index (κ2) is 6.85. The second-order valence-corrected chi connectivity index (χ2v) is 6.71. The monoisotopic (exact) mass is 381 g/mol. The fraction of sp³-hybridized carbons (Fsp3) is 0.158. The van der Waals surface area contributed by atoms with Gasteiger partial charge in [-0.25, -0.2) is 9.61 Å². The van der Waals surface area contributed by atoms with Gasteiger partial charge >= 0.3 is 0 Å². The fourth-order valence-electron chi connectivity index (χ4n) is 2.91. The van der Waals surface area contributed by atoms with E-state index in [1.165, 1.54) is 0 Å². The first-order valence-electron chi connectivity index (χ1n) is 8.29. The van der Waals surface area contributed by atoms with Gasteiger partial charge in [-0.05, 0) is 46.7 Å². The van der Waals surface area contributed by atoms with E-state index >= 15 is 0 Å². The summed E-state index contributed by atoms with van der Waals surface area (Å²) in [6, 6.07) is 14.5. The van der Waals surface area contributed by atoms with Crippen LogP contribution in [0.5, 0.6) is 0 Å². The quantitative estimate of drug-likeness (QED) is 0.491. The molecule has 7 nitrogen and oxygen atoms in total. The number of imidazole rings is 1. The highest BCUT2D eigenvalue weighted by molar-refractivity contribution is 6.30. The first-order valence-corrected chi connectivity index (χ1v) is 8.66. The molecule has 0 aliphatic rings. The van der Waals surface area contributed by atoms with Crippen LogP contribution in [0.25, 0.3) is 22.6 Å². The number of carbonyl (C=O) groups is 1. The molecule has 4 rings (SSSR count). The SMILES string of the molecule is CN(C)c1nonc1-c1nc2ccccc2n1CC(=O)c1ccc(Cl)cc1. The van der Waals surface area contributed by atoms with Gasteiger partial charge < -0.3 is 9.47 Å². The number of Topliss-reactive ketones (excluding diaryl/α,β-unsaturated/α-hetero) is 1. The summed E-state index contributed by atoms with van der Waals surface area (Å²) in [5, 5.41) is 8.54. The number of carbonyl (C=O) groups excluding carboxylic acids is 1. The number of rotatable bonds is 5. The summed E-state index contributed by atoms with van der Waals surface area (Å²) < 4.78 is 6.75. The lowest BCUT2D eigenvalue weighted by Gasteiger charge is -2.10. The average Bonchev–Trinajstić information content (AvgIpc) is 3.27. The highest BCUT2D eigenvalue weighted by Crippen LogP contribution is 2.29. The number of aromatic nitrogens is 4. The third-order valence-electron chi connectivity index (χ3n) is 4.23. The van der Waals surface area contributed by atoms with Crippen LogP contribution in [-0.4, -0.2) is 39.7 Å². The molecule has 0 unspecified atom stereocenters. The third-order valence-corrected chi connectivity index (χ3v) is 4.48. The van der Waals surface area contributed by atoms with E-state index in [1.54, 1.807) is 29.2 Å². The van der Waals surface area contributed by atoms with Gasteiger partial charge in [-0.1, -0.05) is 23.7 Å². The number of para-hydroxylation sites is 2. The van der Waals surface area contributed by atoms with Gasteiger partial charge in [0.15, 0.2) is 17.3 Å². The van der Waals surface area contributed by atoms with Crippen molar-refractivity contribution in [3.8, 4) is 11.5 Å². The van der Waals surface area contributed by atoms with Crippen LogP contribution in [-0.2, 0) is 6.54 Å². The molecule has 2 aromatic heterocycles. The lowest BCUT2D eigenvalue weighted by Crippen LogP contribution is -2.14. The molecule has 8 heteroatoms. The molecule has 136 valence electrons. The van der Waals surface area contributed by atoms with Crippen LogP contribution < -0.4 is 4.90 Å². The van der Waals surface area contributed by atoms with Gasteiger partial charge in [0.05, 0.1) is 17.6 Å². The Labute approximate surface area is 160 Å². The Balaban J connectivity index is 1.82. The molecule has 27 heavy (non-hydrogen) atoms. The highest BCUT2D eigenvalue weighted by atomic mass is 35.5. The molecule has 0 atom stereocenters. The molecule has 2 aromatic carbocycles. The average molecular weight is 382 g/mol. The van der Waals surface area contributed by atoms with Crippen LogP contribution in [0.2, 0.25) is 5.02 Å². The molecule has 0 aliphatic carbocycles. The Hall–Kier alpha value is -3.19. The van der Waals surface area contributed by atoms with E-state index in [1.807, 2.05) is 42.9 Å².